The van der Waals surface area contributed by atoms with Gasteiger partial charge in [0, 0.05) is 18.1 Å². The monoisotopic (exact) mass is 373 g/mol. The van der Waals surface area contributed by atoms with Gasteiger partial charge in [0.1, 0.15) is 29.7 Å². The van der Waals surface area contributed by atoms with Crippen molar-refractivity contribution in [2.45, 2.75) is 23.1 Å². The molecule has 4 N–H and O–H groups in total. The molecule has 10 nitrogen and oxygen atoms in total. The van der Waals surface area contributed by atoms with Crippen LogP contribution in [-0.2, 0) is 20.9 Å². The Balaban J connectivity index is 1.72. The second-order valence-electron chi connectivity index (χ2n) is 5.70. The maximum absolute atomic E-state index is 11.8. The fourth-order valence-corrected chi connectivity index (χ4v) is 5.34. The molecule has 2 saturated heterocycles. The minimum absolute atomic E-state index is 0.0899. The number of amides is 1. The zero-order chi connectivity index (χ0) is 17.5. The number of nitrogens with two attached hydrogens (primary N) is 1. The average Bonchev–Trinajstić information content (AvgIpc) is 2.98. The van der Waals surface area contributed by atoms with Crippen molar-refractivity contribution in [1.29, 1.82) is 0 Å². The summed E-state index contributed by atoms with van der Waals surface area (Å²) in [5.74, 6) is -1.81. The zero-order valence-electron chi connectivity index (χ0n) is 12.4. The van der Waals surface area contributed by atoms with Crippen molar-refractivity contribution in [3.8, 4) is 0 Å². The molecule has 24 heavy (non-hydrogen) atoms. The molecule has 1 aromatic heterocycles. The molecule has 3 heterocycles. The third kappa shape index (κ3) is 2.84. The first-order valence-corrected chi connectivity index (χ1v) is 9.01. The molecule has 3 rings (SSSR count). The van der Waals surface area contributed by atoms with Crippen LogP contribution >= 0.6 is 23.5 Å². The third-order valence-electron chi connectivity index (χ3n) is 4.00. The van der Waals surface area contributed by atoms with Crippen LogP contribution in [0.15, 0.2) is 11.5 Å². The number of nitrogens with zero attached hydrogens (tertiary/aromatic N) is 4. The SMILES string of the molecule is NC1C(=O)N2CC(CSc3nncn3CC(=O)O)(C(=O)O)CS[C@H]12. The fraction of sp³-hybridized carbons (Fsp3) is 0.583. The quantitative estimate of drug-likeness (QED) is 0.408. The van der Waals surface area contributed by atoms with E-state index < -0.39 is 23.4 Å². The lowest BCUT2D eigenvalue weighted by molar-refractivity contribution is -0.155. The number of carbonyl (C=O) groups excluding carboxylic acids is 1. The van der Waals surface area contributed by atoms with Crippen LogP contribution in [0.25, 0.3) is 0 Å². The van der Waals surface area contributed by atoms with Crippen LogP contribution in [0, 0.1) is 5.41 Å². The summed E-state index contributed by atoms with van der Waals surface area (Å²) in [5, 5.41) is 26.2. The number of carboxylic acids is 2. The summed E-state index contributed by atoms with van der Waals surface area (Å²) in [6.07, 6.45) is 1.29. The molecule has 0 aromatic carbocycles. The van der Waals surface area contributed by atoms with Gasteiger partial charge in [-0.2, -0.15) is 0 Å². The average molecular weight is 373 g/mol. The van der Waals surface area contributed by atoms with E-state index in [1.807, 2.05) is 0 Å². The van der Waals surface area contributed by atoms with Gasteiger partial charge in [0.25, 0.3) is 0 Å². The van der Waals surface area contributed by atoms with E-state index in [9.17, 15) is 19.5 Å². The number of hydrogen-bond acceptors (Lipinski definition) is 8. The molecule has 0 aliphatic carbocycles. The van der Waals surface area contributed by atoms with Gasteiger partial charge in [0.05, 0.1) is 0 Å². The standard InChI is InChI=1S/C12H15N5O5S2/c13-7-8(20)17-2-12(10(21)22,3-23-9(7)17)4-24-11-15-14-5-16(11)1-6(18)19/h5,7,9H,1-4,13H2,(H,18,19)(H,21,22)/t7?,9-,12?/m1/s1. The van der Waals surface area contributed by atoms with E-state index in [4.69, 9.17) is 10.8 Å². The molecular formula is C12H15N5O5S2. The Bertz CT molecular complexity index is 697. The summed E-state index contributed by atoms with van der Waals surface area (Å²) < 4.78 is 1.34. The number of rotatable bonds is 6. The molecule has 0 bridgehead atoms. The largest absolute Gasteiger partial charge is 0.481 e. The highest BCUT2D eigenvalue weighted by atomic mass is 32.2. The molecule has 2 aliphatic rings. The van der Waals surface area contributed by atoms with Crippen LogP contribution in [0.3, 0.4) is 0 Å². The number of aliphatic carboxylic acids is 2. The van der Waals surface area contributed by atoms with E-state index in [0.29, 0.717) is 10.9 Å². The van der Waals surface area contributed by atoms with Gasteiger partial charge in [-0.15, -0.1) is 22.0 Å². The number of hydrogen-bond donors (Lipinski definition) is 3. The van der Waals surface area contributed by atoms with E-state index in [2.05, 4.69) is 10.2 Å². The van der Waals surface area contributed by atoms with Crippen LogP contribution in [0.5, 0.6) is 0 Å². The first-order valence-electron chi connectivity index (χ1n) is 6.97. The predicted molar refractivity (Wildman–Crippen MR) is 84.4 cm³/mol. The Morgan fingerprint density at radius 3 is 2.92 bits per heavy atom. The highest BCUT2D eigenvalue weighted by Gasteiger charge is 2.55. The lowest BCUT2D eigenvalue weighted by atomic mass is 9.89. The van der Waals surface area contributed by atoms with Crippen molar-refractivity contribution < 1.29 is 24.6 Å². The van der Waals surface area contributed by atoms with Crippen LogP contribution in [0.4, 0.5) is 0 Å². The Morgan fingerprint density at radius 1 is 1.50 bits per heavy atom. The second-order valence-corrected chi connectivity index (χ2v) is 7.75. The lowest BCUT2D eigenvalue weighted by Gasteiger charge is -2.52. The zero-order valence-corrected chi connectivity index (χ0v) is 14.0. The molecule has 1 aromatic rings. The highest BCUT2D eigenvalue weighted by molar-refractivity contribution is 8.00. The second kappa shape index (κ2) is 6.26. The van der Waals surface area contributed by atoms with Gasteiger partial charge in [-0.3, -0.25) is 19.0 Å². The summed E-state index contributed by atoms with van der Waals surface area (Å²) in [4.78, 5) is 35.9. The molecule has 0 radical (unpaired) electrons. The molecule has 2 unspecified atom stereocenters. The number of thioether (sulfide) groups is 2. The highest BCUT2D eigenvalue weighted by Crippen LogP contribution is 2.43. The van der Waals surface area contributed by atoms with Gasteiger partial charge in [-0.1, -0.05) is 11.8 Å². The van der Waals surface area contributed by atoms with Gasteiger partial charge in [0.2, 0.25) is 5.91 Å². The summed E-state index contributed by atoms with van der Waals surface area (Å²) in [6.45, 7) is -0.210. The van der Waals surface area contributed by atoms with Crippen LogP contribution in [0.1, 0.15) is 0 Å². The smallest absolute Gasteiger partial charge is 0.323 e. The number of aromatic nitrogens is 3. The Labute approximate surface area is 144 Å². The molecule has 2 fully saturated rings. The molecule has 1 amide bonds. The summed E-state index contributed by atoms with van der Waals surface area (Å²) >= 11 is 2.48. The van der Waals surface area contributed by atoms with Crippen molar-refractivity contribution in [3.63, 3.8) is 0 Å². The maximum Gasteiger partial charge on any atom is 0.323 e. The van der Waals surface area contributed by atoms with E-state index in [-0.39, 0.29) is 30.1 Å². The van der Waals surface area contributed by atoms with E-state index in [0.717, 1.165) is 11.8 Å². The maximum atomic E-state index is 11.8. The molecule has 3 atom stereocenters. The van der Waals surface area contributed by atoms with Gasteiger partial charge in [0.15, 0.2) is 5.16 Å². The summed E-state index contributed by atoms with van der Waals surface area (Å²) in [7, 11) is 0. The summed E-state index contributed by atoms with van der Waals surface area (Å²) in [6, 6.07) is -0.562. The molecule has 0 spiro atoms. The van der Waals surface area contributed by atoms with Gasteiger partial charge < -0.3 is 20.8 Å². The van der Waals surface area contributed by atoms with Crippen LogP contribution < -0.4 is 5.73 Å². The topological polar surface area (TPSA) is 152 Å². The van der Waals surface area contributed by atoms with E-state index >= 15 is 0 Å². The number of carboxylic acid groups (broad SMARTS) is 2. The molecule has 2 aliphatic heterocycles. The molecule has 0 saturated carbocycles. The van der Waals surface area contributed by atoms with Crippen molar-refractivity contribution in [2.75, 3.05) is 18.1 Å². The number of carbonyl (C=O) groups is 3. The van der Waals surface area contributed by atoms with Crippen molar-refractivity contribution in [3.05, 3.63) is 6.33 Å². The van der Waals surface area contributed by atoms with E-state index in [1.54, 1.807) is 0 Å². The molecule has 130 valence electrons. The van der Waals surface area contributed by atoms with Gasteiger partial charge in [-0.05, 0) is 0 Å². The summed E-state index contributed by atoms with van der Waals surface area (Å²) in [5.41, 5.74) is 4.58. The van der Waals surface area contributed by atoms with E-state index in [1.165, 1.54) is 27.6 Å². The first kappa shape index (κ1) is 17.0. The number of β-lactam (4-membered cyclic amide) rings is 1. The van der Waals surface area contributed by atoms with Crippen molar-refractivity contribution in [2.24, 2.45) is 11.1 Å². The minimum Gasteiger partial charge on any atom is -0.481 e. The van der Waals surface area contributed by atoms with Gasteiger partial charge >= 0.3 is 11.9 Å². The molecule has 12 heteroatoms. The third-order valence-corrected chi connectivity index (χ3v) is 6.88. The molecular weight excluding hydrogens is 358 g/mol. The normalized spacial score (nSPS) is 29.0. The van der Waals surface area contributed by atoms with Crippen LogP contribution in [0.2, 0.25) is 0 Å². The minimum atomic E-state index is -1.14. The Morgan fingerprint density at radius 2 is 2.25 bits per heavy atom. The fourth-order valence-electron chi connectivity index (χ4n) is 2.62. The van der Waals surface area contributed by atoms with Gasteiger partial charge in [-0.25, -0.2) is 0 Å². The van der Waals surface area contributed by atoms with Crippen molar-refractivity contribution >= 4 is 41.4 Å². The predicted octanol–water partition coefficient (Wildman–Crippen LogP) is -1.23. The number of fused-ring (bicyclic) bond motifs is 1. The Kier molecular flexibility index (Phi) is 4.44. The van der Waals surface area contributed by atoms with Crippen molar-refractivity contribution in [1.82, 2.24) is 19.7 Å². The van der Waals surface area contributed by atoms with Crippen LogP contribution in [-0.4, -0.2) is 77.2 Å². The first-order chi connectivity index (χ1) is 11.3. The lowest BCUT2D eigenvalue weighted by Crippen LogP contribution is -2.72. The Hall–Kier alpha value is -1.79.